The van der Waals surface area contributed by atoms with E-state index in [2.05, 4.69) is 106 Å². The third-order valence-electron chi connectivity index (χ3n) is 3.97. The Bertz CT molecular complexity index is 750. The maximum Gasteiger partial charge on any atom is 0.0467 e. The van der Waals surface area contributed by atoms with E-state index in [0.717, 1.165) is 4.47 Å². The molecule has 0 radical (unpaired) electrons. The smallest absolute Gasteiger partial charge is 0.0467 e. The zero-order chi connectivity index (χ0) is 14.8. The van der Waals surface area contributed by atoms with Crippen molar-refractivity contribution in [2.24, 2.45) is 0 Å². The second kappa shape index (κ2) is 6.33. The van der Waals surface area contributed by atoms with Crippen molar-refractivity contribution in [3.63, 3.8) is 0 Å². The molecule has 3 aromatic rings. The molecule has 0 amide bonds. The lowest BCUT2D eigenvalue weighted by atomic mass is 9.91. The van der Waals surface area contributed by atoms with Gasteiger partial charge in [-0.25, -0.2) is 0 Å². The Morgan fingerprint density at radius 2 is 1.38 bits per heavy atom. The lowest BCUT2D eigenvalue weighted by Crippen LogP contribution is -2.02. The standard InChI is InChI=1S/C19H16Br2/c1-13(14-7-3-2-4-8-14)19(21)17-11-12-18(20)16-10-6-5-9-15(16)17/h2-13,19H,1H3. The van der Waals surface area contributed by atoms with Crippen molar-refractivity contribution < 1.29 is 0 Å². The Morgan fingerprint density at radius 1 is 0.762 bits per heavy atom. The molecule has 0 aliphatic rings. The molecule has 2 unspecified atom stereocenters. The van der Waals surface area contributed by atoms with Crippen molar-refractivity contribution in [1.29, 1.82) is 0 Å². The fourth-order valence-electron chi connectivity index (χ4n) is 2.72. The van der Waals surface area contributed by atoms with E-state index in [4.69, 9.17) is 0 Å². The summed E-state index contributed by atoms with van der Waals surface area (Å²) in [7, 11) is 0. The van der Waals surface area contributed by atoms with Gasteiger partial charge in [0.1, 0.15) is 0 Å². The van der Waals surface area contributed by atoms with Crippen LogP contribution in [-0.2, 0) is 0 Å². The topological polar surface area (TPSA) is 0 Å². The third kappa shape index (κ3) is 2.93. The molecular formula is C19H16Br2. The van der Waals surface area contributed by atoms with Crippen LogP contribution in [0.4, 0.5) is 0 Å². The fraction of sp³-hybridized carbons (Fsp3) is 0.158. The van der Waals surface area contributed by atoms with Crippen LogP contribution in [0.3, 0.4) is 0 Å². The van der Waals surface area contributed by atoms with E-state index in [0.29, 0.717) is 5.92 Å². The van der Waals surface area contributed by atoms with Gasteiger partial charge < -0.3 is 0 Å². The van der Waals surface area contributed by atoms with Gasteiger partial charge in [-0.3, -0.25) is 0 Å². The maximum absolute atomic E-state index is 3.92. The van der Waals surface area contributed by atoms with Gasteiger partial charge in [0, 0.05) is 9.30 Å². The number of fused-ring (bicyclic) bond motifs is 1. The summed E-state index contributed by atoms with van der Waals surface area (Å²) in [6, 6.07) is 23.6. The molecule has 106 valence electrons. The fourth-order valence-corrected chi connectivity index (χ4v) is 3.90. The normalized spacial score (nSPS) is 14.0. The van der Waals surface area contributed by atoms with Gasteiger partial charge in [-0.05, 0) is 33.9 Å². The molecule has 0 aromatic heterocycles. The highest BCUT2D eigenvalue weighted by Crippen LogP contribution is 2.41. The molecular weight excluding hydrogens is 388 g/mol. The highest BCUT2D eigenvalue weighted by atomic mass is 79.9. The van der Waals surface area contributed by atoms with Crippen LogP contribution in [0.2, 0.25) is 0 Å². The highest BCUT2D eigenvalue weighted by Gasteiger charge is 2.20. The molecule has 3 aromatic carbocycles. The van der Waals surface area contributed by atoms with Crippen LogP contribution in [0, 0.1) is 0 Å². The lowest BCUT2D eigenvalue weighted by Gasteiger charge is -2.21. The summed E-state index contributed by atoms with van der Waals surface area (Å²) in [6.45, 7) is 2.27. The molecule has 0 saturated heterocycles. The van der Waals surface area contributed by atoms with E-state index in [1.807, 2.05) is 0 Å². The average molecular weight is 404 g/mol. The molecule has 0 fully saturated rings. The molecule has 21 heavy (non-hydrogen) atoms. The predicted molar refractivity (Wildman–Crippen MR) is 98.2 cm³/mol. The summed E-state index contributed by atoms with van der Waals surface area (Å²) in [4.78, 5) is 0.290. The molecule has 0 N–H and O–H groups in total. The number of benzene rings is 3. The Balaban J connectivity index is 2.06. The Kier molecular flexibility index (Phi) is 4.46. The molecule has 0 aliphatic heterocycles. The number of halogens is 2. The molecule has 0 heterocycles. The largest absolute Gasteiger partial charge is 0.0832 e. The van der Waals surface area contributed by atoms with Gasteiger partial charge in [0.2, 0.25) is 0 Å². The molecule has 0 nitrogen and oxygen atoms in total. The SMILES string of the molecule is CC(c1ccccc1)C(Br)c1ccc(Br)c2ccccc12. The Morgan fingerprint density at radius 3 is 2.10 bits per heavy atom. The summed E-state index contributed by atoms with van der Waals surface area (Å²) in [5.41, 5.74) is 2.69. The molecule has 2 heteroatoms. The zero-order valence-electron chi connectivity index (χ0n) is 11.8. The third-order valence-corrected chi connectivity index (χ3v) is 5.94. The van der Waals surface area contributed by atoms with Crippen molar-refractivity contribution in [2.45, 2.75) is 17.7 Å². The van der Waals surface area contributed by atoms with Crippen LogP contribution >= 0.6 is 31.9 Å². The van der Waals surface area contributed by atoms with Crippen LogP contribution in [0.15, 0.2) is 71.2 Å². The first-order chi connectivity index (χ1) is 10.2. The summed E-state index contributed by atoms with van der Waals surface area (Å²) in [5.74, 6) is 0.413. The van der Waals surface area contributed by atoms with Crippen LogP contribution < -0.4 is 0 Å². The predicted octanol–water partition coefficient (Wildman–Crippen LogP) is 6.84. The van der Waals surface area contributed by atoms with Gasteiger partial charge in [-0.1, -0.05) is 99.4 Å². The summed E-state index contributed by atoms with van der Waals surface area (Å²) in [5, 5.41) is 2.57. The second-order valence-electron chi connectivity index (χ2n) is 5.28. The van der Waals surface area contributed by atoms with Crippen LogP contribution in [0.1, 0.15) is 28.8 Å². The highest BCUT2D eigenvalue weighted by molar-refractivity contribution is 9.10. The van der Waals surface area contributed by atoms with E-state index >= 15 is 0 Å². The minimum Gasteiger partial charge on any atom is -0.0832 e. The van der Waals surface area contributed by atoms with Crippen molar-refractivity contribution in [3.05, 3.63) is 82.3 Å². The van der Waals surface area contributed by atoms with Crippen molar-refractivity contribution in [3.8, 4) is 0 Å². The molecule has 0 aliphatic carbocycles. The summed E-state index contributed by atoms with van der Waals surface area (Å²) in [6.07, 6.45) is 0. The molecule has 0 saturated carbocycles. The second-order valence-corrected chi connectivity index (χ2v) is 7.12. The first-order valence-electron chi connectivity index (χ1n) is 7.04. The first kappa shape index (κ1) is 14.8. The number of hydrogen-bond donors (Lipinski definition) is 0. The van der Waals surface area contributed by atoms with Gasteiger partial charge >= 0.3 is 0 Å². The molecule has 3 rings (SSSR count). The Labute approximate surface area is 142 Å². The van der Waals surface area contributed by atoms with E-state index in [1.165, 1.54) is 21.9 Å². The van der Waals surface area contributed by atoms with Crippen molar-refractivity contribution in [2.75, 3.05) is 0 Å². The van der Waals surface area contributed by atoms with E-state index in [9.17, 15) is 0 Å². The van der Waals surface area contributed by atoms with Gasteiger partial charge in [-0.2, -0.15) is 0 Å². The van der Waals surface area contributed by atoms with Gasteiger partial charge in [0.25, 0.3) is 0 Å². The number of hydrogen-bond acceptors (Lipinski definition) is 0. The number of alkyl halides is 1. The van der Waals surface area contributed by atoms with Crippen LogP contribution in [0.5, 0.6) is 0 Å². The zero-order valence-corrected chi connectivity index (χ0v) is 14.9. The van der Waals surface area contributed by atoms with Gasteiger partial charge in [0.05, 0.1) is 0 Å². The summed E-state index contributed by atoms with van der Waals surface area (Å²) < 4.78 is 1.15. The average Bonchev–Trinajstić information content (AvgIpc) is 2.55. The van der Waals surface area contributed by atoms with Crippen molar-refractivity contribution in [1.82, 2.24) is 0 Å². The molecule has 0 spiro atoms. The minimum atomic E-state index is 0.290. The molecule has 0 bridgehead atoms. The maximum atomic E-state index is 3.92. The van der Waals surface area contributed by atoms with E-state index < -0.39 is 0 Å². The van der Waals surface area contributed by atoms with E-state index in [1.54, 1.807) is 0 Å². The van der Waals surface area contributed by atoms with Crippen molar-refractivity contribution >= 4 is 42.6 Å². The minimum absolute atomic E-state index is 0.290. The van der Waals surface area contributed by atoms with E-state index in [-0.39, 0.29) is 4.83 Å². The summed E-state index contributed by atoms with van der Waals surface area (Å²) >= 11 is 7.57. The van der Waals surface area contributed by atoms with Crippen LogP contribution in [-0.4, -0.2) is 0 Å². The van der Waals surface area contributed by atoms with Crippen LogP contribution in [0.25, 0.3) is 10.8 Å². The first-order valence-corrected chi connectivity index (χ1v) is 8.75. The lowest BCUT2D eigenvalue weighted by molar-refractivity contribution is 0.756. The quantitative estimate of drug-likeness (QED) is 0.419. The molecule has 2 atom stereocenters. The van der Waals surface area contributed by atoms with Gasteiger partial charge in [-0.15, -0.1) is 0 Å². The Hall–Kier alpha value is -1.12. The van der Waals surface area contributed by atoms with Gasteiger partial charge in [0.15, 0.2) is 0 Å². The number of rotatable bonds is 3. The monoisotopic (exact) mass is 402 g/mol.